The number of hydrogen-bond donors (Lipinski definition) is 0. The number of aryl methyl sites for hydroxylation is 1. The van der Waals surface area contributed by atoms with Gasteiger partial charge in [-0.05, 0) is 43.7 Å². The number of methoxy groups -OCH3 is 1. The highest BCUT2D eigenvalue weighted by molar-refractivity contribution is 5.26. The molecule has 128 valence electrons. The Kier molecular flexibility index (Phi) is 4.37. The summed E-state index contributed by atoms with van der Waals surface area (Å²) in [6, 6.07) is 10.6. The molecule has 0 saturated carbocycles. The second-order valence-electron chi connectivity index (χ2n) is 7.23. The minimum Gasteiger partial charge on any atom is -0.378 e. The molecule has 4 rings (SSSR count). The lowest BCUT2D eigenvalue weighted by atomic mass is 9.96. The van der Waals surface area contributed by atoms with Crippen molar-refractivity contribution < 1.29 is 4.74 Å². The van der Waals surface area contributed by atoms with E-state index in [1.165, 1.54) is 36.8 Å². The van der Waals surface area contributed by atoms with Crippen LogP contribution in [0.15, 0.2) is 30.5 Å². The van der Waals surface area contributed by atoms with Crippen molar-refractivity contribution in [2.45, 2.75) is 63.9 Å². The molecule has 2 aromatic rings. The number of fused-ring (bicyclic) bond motifs is 2. The van der Waals surface area contributed by atoms with Crippen LogP contribution in [0.2, 0.25) is 0 Å². The molecular weight excluding hydrogens is 300 g/mol. The monoisotopic (exact) mass is 326 g/mol. The molecule has 24 heavy (non-hydrogen) atoms. The topological polar surface area (TPSA) is 43.2 Å². The number of hydrogen-bond acceptors (Lipinski definition) is 4. The van der Waals surface area contributed by atoms with Crippen molar-refractivity contribution in [3.8, 4) is 0 Å². The van der Waals surface area contributed by atoms with Crippen LogP contribution in [0.1, 0.15) is 48.5 Å². The highest BCUT2D eigenvalue weighted by Gasteiger charge is 2.41. The minimum atomic E-state index is 0.480. The van der Waals surface area contributed by atoms with Crippen molar-refractivity contribution in [1.82, 2.24) is 19.9 Å². The molecule has 5 nitrogen and oxygen atoms in total. The highest BCUT2D eigenvalue weighted by atomic mass is 16.5. The molecular formula is C19H26N4O. The van der Waals surface area contributed by atoms with Gasteiger partial charge in [-0.1, -0.05) is 29.5 Å². The smallest absolute Gasteiger partial charge is 0.108 e. The third-order valence-corrected chi connectivity index (χ3v) is 5.70. The van der Waals surface area contributed by atoms with Crippen molar-refractivity contribution in [3.05, 3.63) is 47.3 Å². The van der Waals surface area contributed by atoms with E-state index in [2.05, 4.69) is 57.3 Å². The van der Waals surface area contributed by atoms with Gasteiger partial charge in [-0.15, -0.1) is 5.10 Å². The Morgan fingerprint density at radius 1 is 1.12 bits per heavy atom. The fraction of sp³-hybridized carbons (Fsp3) is 0.579. The Hall–Kier alpha value is -1.72. The first-order valence-corrected chi connectivity index (χ1v) is 8.94. The molecule has 0 amide bonds. The van der Waals surface area contributed by atoms with Crippen molar-refractivity contribution >= 4 is 0 Å². The van der Waals surface area contributed by atoms with E-state index in [1.807, 2.05) is 0 Å². The first kappa shape index (κ1) is 15.8. The summed E-state index contributed by atoms with van der Waals surface area (Å²) in [5, 5.41) is 8.57. The predicted molar refractivity (Wildman–Crippen MR) is 92.5 cm³/mol. The molecule has 1 aromatic heterocycles. The molecule has 1 aromatic carbocycles. The van der Waals surface area contributed by atoms with Gasteiger partial charge in [0.2, 0.25) is 0 Å². The molecule has 2 bridgehead atoms. The first-order chi connectivity index (χ1) is 11.7. The van der Waals surface area contributed by atoms with Gasteiger partial charge in [0, 0.05) is 25.7 Å². The summed E-state index contributed by atoms with van der Waals surface area (Å²) >= 11 is 0. The molecule has 2 unspecified atom stereocenters. The van der Waals surface area contributed by atoms with E-state index in [-0.39, 0.29) is 0 Å². The minimum absolute atomic E-state index is 0.480. The number of ether oxygens (including phenoxy) is 1. The zero-order valence-electron chi connectivity index (χ0n) is 14.6. The fourth-order valence-corrected chi connectivity index (χ4v) is 4.41. The summed E-state index contributed by atoms with van der Waals surface area (Å²) in [7, 11) is 1.70. The van der Waals surface area contributed by atoms with Gasteiger partial charge < -0.3 is 4.74 Å². The Morgan fingerprint density at radius 3 is 2.58 bits per heavy atom. The predicted octanol–water partition coefficient (Wildman–Crippen LogP) is 3.10. The van der Waals surface area contributed by atoms with E-state index in [9.17, 15) is 0 Å². The lowest BCUT2D eigenvalue weighted by molar-refractivity contribution is 0.0942. The van der Waals surface area contributed by atoms with Crippen LogP contribution in [-0.4, -0.2) is 39.1 Å². The molecule has 2 atom stereocenters. The molecule has 3 heterocycles. The quantitative estimate of drug-likeness (QED) is 0.847. The Bertz CT molecular complexity index is 684. The van der Waals surface area contributed by atoms with Gasteiger partial charge in [-0.25, -0.2) is 4.68 Å². The normalized spacial score (nSPS) is 26.8. The van der Waals surface area contributed by atoms with Gasteiger partial charge in [-0.2, -0.15) is 0 Å². The summed E-state index contributed by atoms with van der Waals surface area (Å²) < 4.78 is 7.23. The van der Waals surface area contributed by atoms with E-state index in [4.69, 9.17) is 4.74 Å². The van der Waals surface area contributed by atoms with Crippen LogP contribution in [0.25, 0.3) is 0 Å². The Morgan fingerprint density at radius 2 is 1.88 bits per heavy atom. The molecule has 2 aliphatic heterocycles. The van der Waals surface area contributed by atoms with Crippen LogP contribution in [0.5, 0.6) is 0 Å². The lowest BCUT2D eigenvalue weighted by Crippen LogP contribution is -2.43. The third kappa shape index (κ3) is 2.98. The maximum atomic E-state index is 5.15. The number of nitrogens with zero attached hydrogens (tertiary/aromatic N) is 4. The molecule has 0 radical (unpaired) electrons. The van der Waals surface area contributed by atoms with E-state index in [0.717, 1.165) is 12.2 Å². The molecule has 2 saturated heterocycles. The average Bonchev–Trinajstić information content (AvgIpc) is 3.12. The fourth-order valence-electron chi connectivity index (χ4n) is 4.41. The molecule has 0 spiro atoms. The van der Waals surface area contributed by atoms with Crippen LogP contribution in [0.4, 0.5) is 0 Å². The summed E-state index contributed by atoms with van der Waals surface area (Å²) in [6.07, 6.45) is 7.04. The summed E-state index contributed by atoms with van der Waals surface area (Å²) in [6.45, 7) is 3.84. The van der Waals surface area contributed by atoms with Gasteiger partial charge in [-0.3, -0.25) is 4.90 Å². The number of aromatic nitrogens is 3. The number of piperidine rings is 1. The Balaban J connectivity index is 1.46. The highest BCUT2D eigenvalue weighted by Crippen LogP contribution is 2.41. The summed E-state index contributed by atoms with van der Waals surface area (Å²) in [5.41, 5.74) is 3.79. The third-order valence-electron chi connectivity index (χ3n) is 5.70. The molecule has 0 aliphatic carbocycles. The van der Waals surface area contributed by atoms with Crippen LogP contribution in [-0.2, 0) is 17.9 Å². The largest absolute Gasteiger partial charge is 0.378 e. The van der Waals surface area contributed by atoms with Gasteiger partial charge in [0.25, 0.3) is 0 Å². The van der Waals surface area contributed by atoms with Gasteiger partial charge in [0.05, 0.1) is 18.8 Å². The summed E-state index contributed by atoms with van der Waals surface area (Å²) in [4.78, 5) is 2.73. The first-order valence-electron chi connectivity index (χ1n) is 8.94. The van der Waals surface area contributed by atoms with Gasteiger partial charge >= 0.3 is 0 Å². The van der Waals surface area contributed by atoms with E-state index in [1.54, 1.807) is 7.11 Å². The van der Waals surface area contributed by atoms with Gasteiger partial charge in [0.1, 0.15) is 5.69 Å². The second-order valence-corrected chi connectivity index (χ2v) is 7.23. The molecule has 2 aliphatic rings. The van der Waals surface area contributed by atoms with E-state index >= 15 is 0 Å². The van der Waals surface area contributed by atoms with Crippen LogP contribution >= 0.6 is 0 Å². The van der Waals surface area contributed by atoms with Crippen LogP contribution in [0, 0.1) is 6.92 Å². The average molecular weight is 326 g/mol. The van der Waals surface area contributed by atoms with Crippen molar-refractivity contribution in [2.75, 3.05) is 7.11 Å². The van der Waals surface area contributed by atoms with Crippen LogP contribution < -0.4 is 0 Å². The standard InChI is InChI=1S/C19H26N4O/c1-14-5-3-4-6-15(14)11-22-17-7-8-18(22)10-19(9-17)23-12-16(13-24-2)20-21-23/h3-6,12,17-19H,7-11,13H2,1-2H3. The van der Waals surface area contributed by atoms with Gasteiger partial charge in [0.15, 0.2) is 0 Å². The Labute approximate surface area is 143 Å². The van der Waals surface area contributed by atoms with Crippen LogP contribution in [0.3, 0.4) is 0 Å². The number of benzene rings is 1. The molecule has 2 fully saturated rings. The number of rotatable bonds is 5. The van der Waals surface area contributed by atoms with Crippen molar-refractivity contribution in [3.63, 3.8) is 0 Å². The maximum Gasteiger partial charge on any atom is 0.108 e. The zero-order chi connectivity index (χ0) is 16.5. The maximum absolute atomic E-state index is 5.15. The van der Waals surface area contributed by atoms with E-state index < -0.39 is 0 Å². The lowest BCUT2D eigenvalue weighted by Gasteiger charge is -2.39. The van der Waals surface area contributed by atoms with Crippen molar-refractivity contribution in [1.29, 1.82) is 0 Å². The second kappa shape index (κ2) is 6.65. The summed E-state index contributed by atoms with van der Waals surface area (Å²) in [5.74, 6) is 0. The molecule has 5 heteroatoms. The zero-order valence-corrected chi connectivity index (χ0v) is 14.6. The van der Waals surface area contributed by atoms with E-state index in [0.29, 0.717) is 24.7 Å². The molecule has 0 N–H and O–H groups in total. The van der Waals surface area contributed by atoms with Crippen molar-refractivity contribution in [2.24, 2.45) is 0 Å². The SMILES string of the molecule is COCc1cn(C2CC3CCC(C2)N3Cc2ccccc2C)nn1.